The Morgan fingerprint density at radius 1 is 1.75 bits per heavy atom. The molecule has 0 aliphatic carbocycles. The predicted octanol–water partition coefficient (Wildman–Crippen LogP) is 2.19. The van der Waals surface area contributed by atoms with Crippen molar-refractivity contribution in [2.24, 2.45) is 0 Å². The summed E-state index contributed by atoms with van der Waals surface area (Å²) in [5, 5.41) is 0. The van der Waals surface area contributed by atoms with Gasteiger partial charge in [-0.3, -0.25) is 0 Å². The quantitative estimate of drug-likeness (QED) is 0.311. The molecule has 2 nitrogen and oxygen atoms in total. The third kappa shape index (κ3) is 5.63. The maximum absolute atomic E-state index is 10.8. The lowest BCUT2D eigenvalue weighted by Gasteiger charge is -2.14. The first-order chi connectivity index (χ1) is 5.60. The number of hydrogen-bond donors (Lipinski definition) is 0. The minimum Gasteiger partial charge on any atom is -0.459 e. The summed E-state index contributed by atoms with van der Waals surface area (Å²) in [4.78, 5) is 10.8. The molecule has 12 heavy (non-hydrogen) atoms. The smallest absolute Gasteiger partial charge is 0.330 e. The van der Waals surface area contributed by atoms with Crippen LogP contribution in [0.5, 0.6) is 0 Å². The highest BCUT2D eigenvalue weighted by Crippen LogP contribution is 2.13. The molecule has 0 aromatic rings. The molecule has 0 saturated carbocycles. The molecule has 0 aliphatic heterocycles. The molecule has 5 heteroatoms. The third-order valence-electron chi connectivity index (χ3n) is 1.35. The zero-order valence-electron chi connectivity index (χ0n) is 6.93. The number of halogens is 2. The van der Waals surface area contributed by atoms with Gasteiger partial charge in [-0.25, -0.2) is 4.79 Å². The Labute approximate surface area is 83.5 Å². The van der Waals surface area contributed by atoms with Crippen LogP contribution in [-0.2, 0) is 9.53 Å². The van der Waals surface area contributed by atoms with Gasteiger partial charge in [-0.05, 0) is 6.42 Å². The lowest BCUT2D eigenvalue weighted by atomic mass is 10.3. The van der Waals surface area contributed by atoms with Crippen molar-refractivity contribution in [3.05, 3.63) is 12.7 Å². The highest BCUT2D eigenvalue weighted by molar-refractivity contribution is 7.33. The second-order valence-corrected chi connectivity index (χ2v) is 7.38. The molecule has 1 atom stereocenters. The Morgan fingerprint density at radius 3 is 2.67 bits per heavy atom. The average Bonchev–Trinajstić information content (AvgIpc) is 2.02. The highest BCUT2D eigenvalue weighted by atomic mass is 35.7. The van der Waals surface area contributed by atoms with Crippen molar-refractivity contribution in [3.8, 4) is 0 Å². The summed E-state index contributed by atoms with van der Waals surface area (Å²) in [6, 6.07) is 0.596. The zero-order chi connectivity index (χ0) is 9.56. The van der Waals surface area contributed by atoms with Gasteiger partial charge in [0, 0.05) is 12.1 Å². The predicted molar refractivity (Wildman–Crippen MR) is 54.0 cm³/mol. The molecule has 0 spiro atoms. The lowest BCUT2D eigenvalue weighted by molar-refractivity contribution is -0.142. The van der Waals surface area contributed by atoms with Crippen molar-refractivity contribution < 1.29 is 9.53 Å². The van der Waals surface area contributed by atoms with E-state index in [2.05, 4.69) is 6.58 Å². The Bertz CT molecular complexity index is 161. The number of rotatable bonds is 5. The molecule has 0 radical (unpaired) electrons. The van der Waals surface area contributed by atoms with Crippen LogP contribution in [0.1, 0.15) is 13.3 Å². The van der Waals surface area contributed by atoms with Gasteiger partial charge in [-0.15, -0.1) is 0 Å². The lowest BCUT2D eigenvalue weighted by Crippen LogP contribution is -2.18. The van der Waals surface area contributed by atoms with E-state index in [1.54, 1.807) is 0 Å². The highest BCUT2D eigenvalue weighted by Gasteiger charge is 2.15. The molecule has 0 amide bonds. The standard InChI is InChI=1S/C7H12Cl2O2Si/c1-3-6(5-12(8)9)11-7(10)4-2/h4,6,12H,2-3,5H2,1H3. The molecule has 1 unspecified atom stereocenters. The van der Waals surface area contributed by atoms with E-state index in [0.29, 0.717) is 6.04 Å². The van der Waals surface area contributed by atoms with E-state index in [1.807, 2.05) is 6.92 Å². The molecule has 0 fully saturated rings. The summed E-state index contributed by atoms with van der Waals surface area (Å²) in [5.74, 6) is -0.412. The largest absolute Gasteiger partial charge is 0.459 e. The van der Waals surface area contributed by atoms with Gasteiger partial charge in [0.25, 0.3) is 0 Å². The van der Waals surface area contributed by atoms with E-state index < -0.39 is 13.4 Å². The van der Waals surface area contributed by atoms with Crippen molar-refractivity contribution in [3.63, 3.8) is 0 Å². The number of carbonyl (C=O) groups excluding carboxylic acids is 1. The Balaban J connectivity index is 3.82. The number of carbonyl (C=O) groups is 1. The van der Waals surface area contributed by atoms with Crippen LogP contribution in [-0.4, -0.2) is 19.5 Å². The Kier molecular flexibility index (Phi) is 6.52. The molecule has 0 aromatic heterocycles. The molecule has 0 N–H and O–H groups in total. The van der Waals surface area contributed by atoms with E-state index in [4.69, 9.17) is 26.9 Å². The second kappa shape index (κ2) is 6.52. The summed E-state index contributed by atoms with van der Waals surface area (Å²) >= 11 is 11.3. The van der Waals surface area contributed by atoms with E-state index >= 15 is 0 Å². The first-order valence-corrected chi connectivity index (χ1v) is 8.02. The third-order valence-corrected chi connectivity index (χ3v) is 3.30. The van der Waals surface area contributed by atoms with Crippen molar-refractivity contribution >= 4 is 35.5 Å². The molecular weight excluding hydrogens is 215 g/mol. The Morgan fingerprint density at radius 2 is 2.33 bits per heavy atom. The number of ether oxygens (including phenoxy) is 1. The molecular formula is C7H12Cl2O2Si. The van der Waals surface area contributed by atoms with Gasteiger partial charge < -0.3 is 4.74 Å². The molecule has 0 aromatic carbocycles. The molecule has 0 aliphatic rings. The molecule has 0 bridgehead atoms. The fourth-order valence-electron chi connectivity index (χ4n) is 0.709. The SMILES string of the molecule is C=CC(=O)OC(CC)C[SiH](Cl)Cl. The summed E-state index contributed by atoms with van der Waals surface area (Å²) in [5.41, 5.74) is 0. The van der Waals surface area contributed by atoms with Crippen LogP contribution < -0.4 is 0 Å². The maximum Gasteiger partial charge on any atom is 0.330 e. The van der Waals surface area contributed by atoms with Crippen LogP contribution >= 0.6 is 22.2 Å². The number of esters is 1. The van der Waals surface area contributed by atoms with Crippen LogP contribution in [0.4, 0.5) is 0 Å². The summed E-state index contributed by atoms with van der Waals surface area (Å²) in [6.45, 7) is 5.22. The molecule has 0 rings (SSSR count). The van der Waals surface area contributed by atoms with E-state index in [0.717, 1.165) is 12.5 Å². The molecule has 0 heterocycles. The Hall–Kier alpha value is 0.00688. The van der Waals surface area contributed by atoms with Gasteiger partial charge in [-0.1, -0.05) is 13.5 Å². The van der Waals surface area contributed by atoms with Gasteiger partial charge in [0.05, 0.1) is 0 Å². The van der Waals surface area contributed by atoms with Crippen molar-refractivity contribution in [1.29, 1.82) is 0 Å². The van der Waals surface area contributed by atoms with Gasteiger partial charge in [0.1, 0.15) is 6.10 Å². The van der Waals surface area contributed by atoms with Gasteiger partial charge in [0.2, 0.25) is 7.42 Å². The van der Waals surface area contributed by atoms with Crippen LogP contribution in [0, 0.1) is 0 Å². The topological polar surface area (TPSA) is 26.3 Å². The second-order valence-electron chi connectivity index (χ2n) is 2.30. The van der Waals surface area contributed by atoms with Crippen molar-refractivity contribution in [1.82, 2.24) is 0 Å². The van der Waals surface area contributed by atoms with E-state index in [-0.39, 0.29) is 6.10 Å². The zero-order valence-corrected chi connectivity index (χ0v) is 9.59. The van der Waals surface area contributed by atoms with Crippen molar-refractivity contribution in [2.45, 2.75) is 25.5 Å². The monoisotopic (exact) mass is 226 g/mol. The fourth-order valence-corrected chi connectivity index (χ4v) is 2.73. The minimum absolute atomic E-state index is 0.151. The van der Waals surface area contributed by atoms with Crippen molar-refractivity contribution in [2.75, 3.05) is 0 Å². The molecule has 70 valence electrons. The van der Waals surface area contributed by atoms with Gasteiger partial charge >= 0.3 is 5.97 Å². The van der Waals surface area contributed by atoms with Crippen LogP contribution in [0.15, 0.2) is 12.7 Å². The summed E-state index contributed by atoms with van der Waals surface area (Å²) in [7, 11) is -1.68. The van der Waals surface area contributed by atoms with E-state index in [1.165, 1.54) is 0 Å². The van der Waals surface area contributed by atoms with Crippen LogP contribution in [0.25, 0.3) is 0 Å². The maximum atomic E-state index is 10.8. The van der Waals surface area contributed by atoms with Crippen LogP contribution in [0.3, 0.4) is 0 Å². The van der Waals surface area contributed by atoms with Crippen LogP contribution in [0.2, 0.25) is 6.04 Å². The minimum atomic E-state index is -1.68. The van der Waals surface area contributed by atoms with Gasteiger partial charge in [0.15, 0.2) is 0 Å². The fraction of sp³-hybridized carbons (Fsp3) is 0.571. The summed E-state index contributed by atoms with van der Waals surface area (Å²) < 4.78 is 4.97. The number of hydrogen-bond acceptors (Lipinski definition) is 2. The summed E-state index contributed by atoms with van der Waals surface area (Å²) in [6.07, 6.45) is 1.73. The normalized spacial score (nSPS) is 12.7. The first kappa shape index (κ1) is 12.0. The van der Waals surface area contributed by atoms with Gasteiger partial charge in [-0.2, -0.15) is 22.2 Å². The average molecular weight is 227 g/mol. The first-order valence-electron chi connectivity index (χ1n) is 3.71. The van der Waals surface area contributed by atoms with E-state index in [9.17, 15) is 4.79 Å². The molecule has 0 saturated heterocycles.